The Labute approximate surface area is 137 Å². The lowest BCUT2D eigenvalue weighted by Crippen LogP contribution is -2.05. The van der Waals surface area contributed by atoms with Crippen LogP contribution in [0.15, 0.2) is 42.9 Å². The van der Waals surface area contributed by atoms with Crippen molar-refractivity contribution in [2.24, 2.45) is 0 Å². The third-order valence-corrected chi connectivity index (χ3v) is 3.60. The molecular formula is C16H14N8. The summed E-state index contributed by atoms with van der Waals surface area (Å²) in [5, 5.41) is 15.6. The SMILES string of the molecule is Cc1cccc(Nc2nccc(-c3nnc4ncnn4c3C)n2)c1. The third kappa shape index (κ3) is 2.54. The highest BCUT2D eigenvalue weighted by Gasteiger charge is 2.12. The van der Waals surface area contributed by atoms with Crippen molar-refractivity contribution in [3.05, 3.63) is 54.1 Å². The van der Waals surface area contributed by atoms with Gasteiger partial charge >= 0.3 is 0 Å². The monoisotopic (exact) mass is 318 g/mol. The number of nitrogens with one attached hydrogen (secondary N) is 1. The van der Waals surface area contributed by atoms with Crippen LogP contribution in [0, 0.1) is 13.8 Å². The highest BCUT2D eigenvalue weighted by Crippen LogP contribution is 2.20. The topological polar surface area (TPSA) is 93.8 Å². The maximum atomic E-state index is 4.53. The average Bonchev–Trinajstić information content (AvgIpc) is 3.05. The van der Waals surface area contributed by atoms with Gasteiger partial charge in [-0.05, 0) is 37.6 Å². The second-order valence-electron chi connectivity index (χ2n) is 5.37. The summed E-state index contributed by atoms with van der Waals surface area (Å²) in [4.78, 5) is 12.8. The molecule has 0 fully saturated rings. The van der Waals surface area contributed by atoms with Gasteiger partial charge in [-0.3, -0.25) is 0 Å². The van der Waals surface area contributed by atoms with Crippen LogP contribution in [0.25, 0.3) is 17.2 Å². The molecule has 0 bridgehead atoms. The molecule has 8 nitrogen and oxygen atoms in total. The van der Waals surface area contributed by atoms with Crippen molar-refractivity contribution in [1.29, 1.82) is 0 Å². The van der Waals surface area contributed by atoms with Crippen molar-refractivity contribution in [2.45, 2.75) is 13.8 Å². The molecule has 4 rings (SSSR count). The Kier molecular flexibility index (Phi) is 3.34. The van der Waals surface area contributed by atoms with Gasteiger partial charge in [-0.15, -0.1) is 10.2 Å². The number of hydrogen-bond donors (Lipinski definition) is 1. The Hall–Kier alpha value is -3.42. The van der Waals surface area contributed by atoms with E-state index in [1.165, 1.54) is 6.33 Å². The van der Waals surface area contributed by atoms with Gasteiger partial charge in [0, 0.05) is 11.9 Å². The van der Waals surface area contributed by atoms with Crippen LogP contribution >= 0.6 is 0 Å². The van der Waals surface area contributed by atoms with Gasteiger partial charge in [0.15, 0.2) is 0 Å². The zero-order valence-corrected chi connectivity index (χ0v) is 13.2. The van der Waals surface area contributed by atoms with Crippen LogP contribution in [-0.2, 0) is 0 Å². The molecule has 0 saturated carbocycles. The summed E-state index contributed by atoms with van der Waals surface area (Å²) in [6, 6.07) is 9.81. The van der Waals surface area contributed by atoms with E-state index in [9.17, 15) is 0 Å². The van der Waals surface area contributed by atoms with E-state index in [0.29, 0.717) is 23.1 Å². The highest BCUT2D eigenvalue weighted by atomic mass is 15.4. The van der Waals surface area contributed by atoms with Gasteiger partial charge in [-0.1, -0.05) is 12.1 Å². The molecule has 118 valence electrons. The van der Waals surface area contributed by atoms with Crippen molar-refractivity contribution in [3.8, 4) is 11.4 Å². The third-order valence-electron chi connectivity index (χ3n) is 3.60. The van der Waals surface area contributed by atoms with Crippen LogP contribution < -0.4 is 5.32 Å². The second kappa shape index (κ2) is 5.65. The quantitative estimate of drug-likeness (QED) is 0.619. The van der Waals surface area contributed by atoms with Crippen molar-refractivity contribution in [3.63, 3.8) is 0 Å². The molecule has 1 aromatic carbocycles. The van der Waals surface area contributed by atoms with Gasteiger partial charge in [-0.25, -0.2) is 9.97 Å². The minimum absolute atomic E-state index is 0.461. The van der Waals surface area contributed by atoms with E-state index < -0.39 is 0 Å². The standard InChI is InChI=1S/C16H14N8/c1-10-4-3-5-12(8-10)20-15-17-7-6-13(21-15)14-11(2)24-16(23-22-14)18-9-19-24/h3-9H,1-2H3,(H,17,20,21). The molecule has 4 aromatic rings. The Bertz CT molecular complexity index is 1020. The molecule has 0 aliphatic carbocycles. The summed E-state index contributed by atoms with van der Waals surface area (Å²) < 4.78 is 1.64. The van der Waals surface area contributed by atoms with E-state index >= 15 is 0 Å². The van der Waals surface area contributed by atoms with Crippen LogP contribution in [0.2, 0.25) is 0 Å². The van der Waals surface area contributed by atoms with Crippen molar-refractivity contribution in [2.75, 3.05) is 5.32 Å². The molecule has 3 aromatic heterocycles. The number of fused-ring (bicyclic) bond motifs is 1. The number of benzene rings is 1. The molecule has 8 heteroatoms. The van der Waals surface area contributed by atoms with Crippen LogP contribution in [0.3, 0.4) is 0 Å². The van der Waals surface area contributed by atoms with E-state index in [1.807, 2.05) is 38.1 Å². The Balaban J connectivity index is 1.72. The lowest BCUT2D eigenvalue weighted by Gasteiger charge is -2.08. The van der Waals surface area contributed by atoms with Crippen molar-refractivity contribution in [1.82, 2.24) is 34.8 Å². The molecular weight excluding hydrogens is 304 g/mol. The largest absolute Gasteiger partial charge is 0.324 e. The number of nitrogens with zero attached hydrogens (tertiary/aromatic N) is 7. The smallest absolute Gasteiger partial charge is 0.271 e. The normalized spacial score (nSPS) is 10.9. The molecule has 0 amide bonds. The Morgan fingerprint density at radius 3 is 2.83 bits per heavy atom. The maximum absolute atomic E-state index is 4.53. The first-order valence-electron chi connectivity index (χ1n) is 7.41. The summed E-state index contributed by atoms with van der Waals surface area (Å²) in [5.74, 6) is 0.960. The molecule has 0 aliphatic heterocycles. The first kappa shape index (κ1) is 14.2. The van der Waals surface area contributed by atoms with Crippen LogP contribution in [0.1, 0.15) is 11.3 Å². The van der Waals surface area contributed by atoms with E-state index in [2.05, 4.69) is 35.6 Å². The van der Waals surface area contributed by atoms with Crippen molar-refractivity contribution < 1.29 is 0 Å². The minimum atomic E-state index is 0.461. The van der Waals surface area contributed by atoms with E-state index in [1.54, 1.807) is 16.8 Å². The molecule has 3 heterocycles. The molecule has 0 radical (unpaired) electrons. The fraction of sp³-hybridized carbons (Fsp3) is 0.125. The fourth-order valence-corrected chi connectivity index (χ4v) is 2.45. The highest BCUT2D eigenvalue weighted by molar-refractivity contribution is 5.61. The average molecular weight is 318 g/mol. The van der Waals surface area contributed by atoms with Crippen LogP contribution in [0.5, 0.6) is 0 Å². The second-order valence-corrected chi connectivity index (χ2v) is 5.37. The zero-order chi connectivity index (χ0) is 16.5. The number of anilines is 2. The van der Waals surface area contributed by atoms with Gasteiger partial charge in [-0.2, -0.15) is 14.6 Å². The Morgan fingerprint density at radius 2 is 1.96 bits per heavy atom. The summed E-state index contributed by atoms with van der Waals surface area (Å²) in [5.41, 5.74) is 4.22. The van der Waals surface area contributed by atoms with Gasteiger partial charge < -0.3 is 5.32 Å². The molecule has 0 saturated heterocycles. The zero-order valence-electron chi connectivity index (χ0n) is 13.2. The first-order chi connectivity index (χ1) is 11.7. The fourth-order valence-electron chi connectivity index (χ4n) is 2.45. The molecule has 0 spiro atoms. The predicted octanol–water partition coefficient (Wildman–Crippen LogP) is 2.34. The lowest BCUT2D eigenvalue weighted by molar-refractivity contribution is 0.850. The molecule has 24 heavy (non-hydrogen) atoms. The van der Waals surface area contributed by atoms with Crippen LogP contribution in [0.4, 0.5) is 11.6 Å². The number of aryl methyl sites for hydroxylation is 2. The van der Waals surface area contributed by atoms with Gasteiger partial charge in [0.2, 0.25) is 5.95 Å². The lowest BCUT2D eigenvalue weighted by atomic mass is 10.2. The van der Waals surface area contributed by atoms with Gasteiger partial charge in [0.1, 0.15) is 12.0 Å². The van der Waals surface area contributed by atoms with Gasteiger partial charge in [0.25, 0.3) is 5.78 Å². The summed E-state index contributed by atoms with van der Waals surface area (Å²) in [7, 11) is 0. The number of rotatable bonds is 3. The van der Waals surface area contributed by atoms with E-state index in [0.717, 1.165) is 16.9 Å². The molecule has 1 N–H and O–H groups in total. The van der Waals surface area contributed by atoms with E-state index in [4.69, 9.17) is 0 Å². The summed E-state index contributed by atoms with van der Waals surface area (Å²) >= 11 is 0. The maximum Gasteiger partial charge on any atom is 0.271 e. The first-order valence-corrected chi connectivity index (χ1v) is 7.41. The Morgan fingerprint density at radius 1 is 1.04 bits per heavy atom. The molecule has 0 atom stereocenters. The minimum Gasteiger partial charge on any atom is -0.324 e. The summed E-state index contributed by atoms with van der Waals surface area (Å²) in [6.45, 7) is 3.94. The van der Waals surface area contributed by atoms with E-state index in [-0.39, 0.29) is 0 Å². The molecule has 0 aliphatic rings. The molecule has 0 unspecified atom stereocenters. The number of aromatic nitrogens is 7. The number of hydrogen-bond acceptors (Lipinski definition) is 7. The summed E-state index contributed by atoms with van der Waals surface area (Å²) in [6.07, 6.45) is 3.14. The van der Waals surface area contributed by atoms with Crippen molar-refractivity contribution >= 4 is 17.4 Å². The predicted molar refractivity (Wildman–Crippen MR) is 88.8 cm³/mol. The van der Waals surface area contributed by atoms with Gasteiger partial charge in [0.05, 0.1) is 11.4 Å². The van der Waals surface area contributed by atoms with Crippen LogP contribution in [-0.4, -0.2) is 34.8 Å².